The first kappa shape index (κ1) is 15.9. The van der Waals surface area contributed by atoms with Crippen LogP contribution in [0, 0.1) is 11.6 Å². The highest BCUT2D eigenvalue weighted by molar-refractivity contribution is 5.44. The van der Waals surface area contributed by atoms with Crippen LogP contribution in [0.15, 0.2) is 66.7 Å². The fraction of sp³-hybridized carbons (Fsp3) is 0.105. The van der Waals surface area contributed by atoms with E-state index in [2.05, 4.69) is 15.6 Å². The van der Waals surface area contributed by atoms with E-state index in [1.807, 2.05) is 18.2 Å². The zero-order valence-corrected chi connectivity index (χ0v) is 13.0. The average molecular weight is 325 g/mol. The molecule has 0 saturated carbocycles. The van der Waals surface area contributed by atoms with Crippen molar-refractivity contribution in [3.8, 4) is 0 Å². The van der Waals surface area contributed by atoms with Crippen molar-refractivity contribution >= 4 is 11.4 Å². The lowest BCUT2D eigenvalue weighted by Gasteiger charge is -2.09. The summed E-state index contributed by atoms with van der Waals surface area (Å²) in [6.07, 6.45) is 0. The Hall–Kier alpha value is -2.95. The first-order valence-corrected chi connectivity index (χ1v) is 7.63. The van der Waals surface area contributed by atoms with Crippen LogP contribution in [-0.2, 0) is 13.1 Å². The van der Waals surface area contributed by atoms with Gasteiger partial charge in [-0.3, -0.25) is 4.98 Å². The molecular formula is C19H17F2N3. The summed E-state index contributed by atoms with van der Waals surface area (Å²) in [6, 6.07) is 18.3. The van der Waals surface area contributed by atoms with E-state index in [0.717, 1.165) is 11.4 Å². The van der Waals surface area contributed by atoms with E-state index in [4.69, 9.17) is 0 Å². The van der Waals surface area contributed by atoms with Crippen molar-refractivity contribution in [2.45, 2.75) is 13.1 Å². The van der Waals surface area contributed by atoms with E-state index in [-0.39, 0.29) is 11.6 Å². The van der Waals surface area contributed by atoms with Crippen LogP contribution in [0.5, 0.6) is 0 Å². The molecule has 0 saturated heterocycles. The molecule has 0 aliphatic rings. The maximum absolute atomic E-state index is 13.2. The van der Waals surface area contributed by atoms with Crippen molar-refractivity contribution in [1.82, 2.24) is 4.98 Å². The van der Waals surface area contributed by atoms with Gasteiger partial charge in [-0.05, 0) is 48.5 Å². The topological polar surface area (TPSA) is 37.0 Å². The molecule has 3 rings (SSSR count). The lowest BCUT2D eigenvalue weighted by molar-refractivity contribution is 0.628. The van der Waals surface area contributed by atoms with Crippen molar-refractivity contribution in [2.24, 2.45) is 0 Å². The van der Waals surface area contributed by atoms with E-state index >= 15 is 0 Å². The van der Waals surface area contributed by atoms with Gasteiger partial charge in [0.1, 0.15) is 11.6 Å². The molecule has 0 bridgehead atoms. The van der Waals surface area contributed by atoms with Crippen molar-refractivity contribution in [3.05, 3.63) is 89.8 Å². The molecule has 0 spiro atoms. The Kier molecular flexibility index (Phi) is 5.01. The Labute approximate surface area is 139 Å². The smallest absolute Gasteiger partial charge is 0.125 e. The molecule has 0 radical (unpaired) electrons. The summed E-state index contributed by atoms with van der Waals surface area (Å²) >= 11 is 0. The number of pyridine rings is 1. The number of nitrogens with one attached hydrogen (secondary N) is 2. The fourth-order valence-corrected chi connectivity index (χ4v) is 2.31. The van der Waals surface area contributed by atoms with Gasteiger partial charge in [-0.2, -0.15) is 0 Å². The molecule has 3 nitrogen and oxygen atoms in total. The van der Waals surface area contributed by atoms with Crippen molar-refractivity contribution in [2.75, 3.05) is 10.6 Å². The predicted molar refractivity (Wildman–Crippen MR) is 91.7 cm³/mol. The van der Waals surface area contributed by atoms with Gasteiger partial charge in [-0.15, -0.1) is 0 Å². The van der Waals surface area contributed by atoms with Crippen LogP contribution in [0.2, 0.25) is 0 Å². The second-order valence-corrected chi connectivity index (χ2v) is 5.35. The van der Waals surface area contributed by atoms with E-state index in [0.29, 0.717) is 24.5 Å². The summed E-state index contributed by atoms with van der Waals surface area (Å²) < 4.78 is 26.3. The summed E-state index contributed by atoms with van der Waals surface area (Å²) in [7, 11) is 0. The lowest BCUT2D eigenvalue weighted by atomic mass is 10.2. The van der Waals surface area contributed by atoms with Gasteiger partial charge in [0, 0.05) is 11.4 Å². The number of aromatic nitrogens is 1. The summed E-state index contributed by atoms with van der Waals surface area (Å²) in [5.41, 5.74) is 3.11. The summed E-state index contributed by atoms with van der Waals surface area (Å²) in [5.74, 6) is -0.554. The van der Waals surface area contributed by atoms with E-state index in [1.165, 1.54) is 24.3 Å². The molecule has 1 heterocycles. The van der Waals surface area contributed by atoms with Crippen molar-refractivity contribution in [1.29, 1.82) is 0 Å². The lowest BCUT2D eigenvalue weighted by Crippen LogP contribution is -2.06. The average Bonchev–Trinajstić information content (AvgIpc) is 2.59. The molecule has 0 aliphatic heterocycles. The van der Waals surface area contributed by atoms with Gasteiger partial charge in [0.05, 0.1) is 24.5 Å². The molecule has 0 aliphatic carbocycles. The zero-order chi connectivity index (χ0) is 16.8. The van der Waals surface area contributed by atoms with Crippen LogP contribution in [0.4, 0.5) is 20.2 Å². The Morgan fingerprint density at radius 2 is 1.12 bits per heavy atom. The van der Waals surface area contributed by atoms with Gasteiger partial charge < -0.3 is 10.6 Å². The molecule has 0 atom stereocenters. The number of nitrogens with zero attached hydrogens (tertiary/aromatic N) is 1. The van der Waals surface area contributed by atoms with Crippen LogP contribution in [0.1, 0.15) is 11.4 Å². The standard InChI is InChI=1S/C19H17F2N3/c20-14-4-1-6-16(10-14)22-12-18-8-3-9-19(24-18)13-23-17-7-2-5-15(21)11-17/h1-11,22-23H,12-13H2. The van der Waals surface area contributed by atoms with Crippen LogP contribution in [0.25, 0.3) is 0 Å². The monoisotopic (exact) mass is 325 g/mol. The number of hydrogen-bond acceptors (Lipinski definition) is 3. The molecule has 122 valence electrons. The third kappa shape index (κ3) is 4.52. The molecule has 1 aromatic heterocycles. The normalized spacial score (nSPS) is 10.4. The number of benzene rings is 2. The molecular weight excluding hydrogens is 308 g/mol. The summed E-state index contributed by atoms with van der Waals surface area (Å²) in [5, 5.41) is 6.28. The second kappa shape index (κ2) is 7.55. The minimum absolute atomic E-state index is 0.277. The molecule has 0 fully saturated rings. The Balaban J connectivity index is 1.59. The molecule has 5 heteroatoms. The fourth-order valence-electron chi connectivity index (χ4n) is 2.31. The van der Waals surface area contributed by atoms with Gasteiger partial charge in [-0.25, -0.2) is 8.78 Å². The first-order valence-electron chi connectivity index (χ1n) is 7.63. The van der Waals surface area contributed by atoms with Crippen molar-refractivity contribution < 1.29 is 8.78 Å². The first-order chi connectivity index (χ1) is 11.7. The Morgan fingerprint density at radius 1 is 0.667 bits per heavy atom. The molecule has 0 unspecified atom stereocenters. The molecule has 2 N–H and O–H groups in total. The van der Waals surface area contributed by atoms with Crippen LogP contribution >= 0.6 is 0 Å². The largest absolute Gasteiger partial charge is 0.379 e. The van der Waals surface area contributed by atoms with E-state index < -0.39 is 0 Å². The molecule has 24 heavy (non-hydrogen) atoms. The zero-order valence-electron chi connectivity index (χ0n) is 13.0. The van der Waals surface area contributed by atoms with Crippen LogP contribution in [-0.4, -0.2) is 4.98 Å². The predicted octanol–water partition coefficient (Wildman–Crippen LogP) is 4.58. The van der Waals surface area contributed by atoms with Crippen LogP contribution in [0.3, 0.4) is 0 Å². The quantitative estimate of drug-likeness (QED) is 0.696. The van der Waals surface area contributed by atoms with Gasteiger partial charge in [0.25, 0.3) is 0 Å². The molecule has 2 aromatic carbocycles. The third-order valence-electron chi connectivity index (χ3n) is 3.46. The highest BCUT2D eigenvalue weighted by Crippen LogP contribution is 2.12. The highest BCUT2D eigenvalue weighted by atomic mass is 19.1. The summed E-state index contributed by atoms with van der Waals surface area (Å²) in [4.78, 5) is 4.54. The number of anilines is 2. The van der Waals surface area contributed by atoms with Gasteiger partial charge in [0.15, 0.2) is 0 Å². The maximum atomic E-state index is 13.2. The minimum atomic E-state index is -0.277. The minimum Gasteiger partial charge on any atom is -0.379 e. The summed E-state index contributed by atoms with van der Waals surface area (Å²) in [6.45, 7) is 0.995. The molecule has 3 aromatic rings. The Bertz CT molecular complexity index is 756. The Morgan fingerprint density at radius 3 is 1.58 bits per heavy atom. The van der Waals surface area contributed by atoms with Crippen molar-refractivity contribution in [3.63, 3.8) is 0 Å². The van der Waals surface area contributed by atoms with E-state index in [9.17, 15) is 8.78 Å². The highest BCUT2D eigenvalue weighted by Gasteiger charge is 2.01. The maximum Gasteiger partial charge on any atom is 0.125 e. The number of halogens is 2. The molecule has 0 amide bonds. The van der Waals surface area contributed by atoms with Gasteiger partial charge >= 0.3 is 0 Å². The second-order valence-electron chi connectivity index (χ2n) is 5.35. The van der Waals surface area contributed by atoms with Gasteiger partial charge in [0.2, 0.25) is 0 Å². The van der Waals surface area contributed by atoms with E-state index in [1.54, 1.807) is 24.3 Å². The van der Waals surface area contributed by atoms with Gasteiger partial charge in [-0.1, -0.05) is 18.2 Å². The SMILES string of the molecule is Fc1cccc(NCc2cccc(CNc3cccc(F)c3)n2)c1. The number of rotatable bonds is 6. The number of hydrogen-bond donors (Lipinski definition) is 2. The third-order valence-corrected chi connectivity index (χ3v) is 3.46. The van der Waals surface area contributed by atoms with Crippen LogP contribution < -0.4 is 10.6 Å².